The van der Waals surface area contributed by atoms with Crippen LogP contribution in [0.2, 0.25) is 5.02 Å². The maximum Gasteiger partial charge on any atom is 0.265 e. The Bertz CT molecular complexity index is 1530. The van der Waals surface area contributed by atoms with Crippen molar-refractivity contribution in [1.82, 2.24) is 20.0 Å². The standard InChI is InChI=1S/C33H36ClFN4O4/c1-33(2)12-11-21(25(17-33)20-3-6-23(34)7-4-20)18-37-13-15-38(16-14-37)19-22-5-8-24-28(29(22)35)32(43)39(31(24)42)26-9-10-27(40)36-30(26)41/h3-8,26H,9-19H2,1-2H3,(H,36,40,41). The van der Waals surface area contributed by atoms with Crippen molar-refractivity contribution in [3.05, 3.63) is 75.1 Å². The molecule has 0 saturated carbocycles. The highest BCUT2D eigenvalue weighted by Gasteiger charge is 2.46. The first-order valence-corrected chi connectivity index (χ1v) is 15.3. The maximum atomic E-state index is 15.7. The van der Waals surface area contributed by atoms with Gasteiger partial charge in [-0.15, -0.1) is 0 Å². The highest BCUT2D eigenvalue weighted by Crippen LogP contribution is 2.43. The maximum absolute atomic E-state index is 15.7. The number of amides is 4. The van der Waals surface area contributed by atoms with E-state index in [0.717, 1.165) is 61.9 Å². The molecule has 0 bridgehead atoms. The number of piperazine rings is 1. The van der Waals surface area contributed by atoms with Gasteiger partial charge in [0.05, 0.1) is 11.1 Å². The summed E-state index contributed by atoms with van der Waals surface area (Å²) in [7, 11) is 0. The Labute approximate surface area is 255 Å². The average molecular weight is 607 g/mol. The van der Waals surface area contributed by atoms with E-state index in [0.29, 0.717) is 12.1 Å². The topological polar surface area (TPSA) is 90.0 Å². The quantitative estimate of drug-likeness (QED) is 0.481. The van der Waals surface area contributed by atoms with Crippen LogP contribution in [0.5, 0.6) is 0 Å². The first-order chi connectivity index (χ1) is 20.5. The Morgan fingerprint density at radius 3 is 2.26 bits per heavy atom. The van der Waals surface area contributed by atoms with Gasteiger partial charge in [-0.3, -0.25) is 39.2 Å². The predicted octanol–water partition coefficient (Wildman–Crippen LogP) is 4.66. The number of hydrogen-bond donors (Lipinski definition) is 1. The van der Waals surface area contributed by atoms with Gasteiger partial charge in [0.15, 0.2) is 0 Å². The number of carbonyl (C=O) groups is 4. The number of hydrogen-bond acceptors (Lipinski definition) is 6. The first kappa shape index (κ1) is 29.7. The minimum absolute atomic E-state index is 0.0151. The van der Waals surface area contributed by atoms with Crippen LogP contribution >= 0.6 is 11.6 Å². The molecule has 4 aliphatic rings. The van der Waals surface area contributed by atoms with Crippen LogP contribution in [0.25, 0.3) is 5.57 Å². The van der Waals surface area contributed by atoms with Gasteiger partial charge in [-0.2, -0.15) is 0 Å². The van der Waals surface area contributed by atoms with Gasteiger partial charge in [0.25, 0.3) is 11.8 Å². The van der Waals surface area contributed by atoms with E-state index in [1.165, 1.54) is 22.8 Å². The van der Waals surface area contributed by atoms with Crippen LogP contribution in [0.1, 0.15) is 77.8 Å². The van der Waals surface area contributed by atoms with E-state index >= 15 is 4.39 Å². The smallest absolute Gasteiger partial charge is 0.265 e. The van der Waals surface area contributed by atoms with Crippen molar-refractivity contribution in [2.75, 3.05) is 32.7 Å². The summed E-state index contributed by atoms with van der Waals surface area (Å²) in [5.74, 6) is -3.40. The molecule has 0 aromatic heterocycles. The fraction of sp³-hybridized carbons (Fsp3) is 0.455. The Morgan fingerprint density at radius 1 is 0.907 bits per heavy atom. The monoisotopic (exact) mass is 606 g/mol. The molecule has 6 rings (SSSR count). The summed E-state index contributed by atoms with van der Waals surface area (Å²) in [5, 5.41) is 2.90. The molecule has 1 unspecified atom stereocenters. The SMILES string of the molecule is CC1(C)CCC(CN2CCN(Cc3ccc4c(c3F)C(=O)N(C3CCC(=O)NC3=O)C4=O)CC2)=C(c2ccc(Cl)cc2)C1. The number of fused-ring (bicyclic) bond motifs is 1. The van der Waals surface area contributed by atoms with Crippen LogP contribution in [0.4, 0.5) is 4.39 Å². The van der Waals surface area contributed by atoms with Gasteiger partial charge >= 0.3 is 0 Å². The van der Waals surface area contributed by atoms with E-state index in [4.69, 9.17) is 11.6 Å². The second-order valence-corrected chi connectivity index (χ2v) is 13.3. The summed E-state index contributed by atoms with van der Waals surface area (Å²) in [4.78, 5) is 55.5. The molecule has 1 aliphatic carbocycles. The van der Waals surface area contributed by atoms with Crippen LogP contribution in [-0.4, -0.2) is 77.1 Å². The lowest BCUT2D eigenvalue weighted by molar-refractivity contribution is -0.136. The highest BCUT2D eigenvalue weighted by molar-refractivity contribution is 6.30. The number of benzene rings is 2. The largest absolute Gasteiger partial charge is 0.297 e. The summed E-state index contributed by atoms with van der Waals surface area (Å²) < 4.78 is 15.7. The Kier molecular flexibility index (Phi) is 8.00. The van der Waals surface area contributed by atoms with Crippen LogP contribution in [0.3, 0.4) is 0 Å². The molecular weight excluding hydrogens is 571 g/mol. The molecule has 3 aliphatic heterocycles. The molecule has 1 atom stereocenters. The van der Waals surface area contributed by atoms with E-state index in [2.05, 4.69) is 41.1 Å². The van der Waals surface area contributed by atoms with Crippen molar-refractivity contribution in [3.8, 4) is 0 Å². The Morgan fingerprint density at radius 2 is 1.58 bits per heavy atom. The summed E-state index contributed by atoms with van der Waals surface area (Å²) in [6.07, 6.45) is 3.29. The number of halogens is 2. The predicted molar refractivity (Wildman–Crippen MR) is 161 cm³/mol. The molecule has 43 heavy (non-hydrogen) atoms. The second kappa shape index (κ2) is 11.6. The number of nitrogens with zero attached hydrogens (tertiary/aromatic N) is 3. The number of allylic oxidation sites excluding steroid dienone is 1. The molecule has 3 heterocycles. The van der Waals surface area contributed by atoms with Gasteiger partial charge in [0.1, 0.15) is 11.9 Å². The molecule has 4 amide bonds. The van der Waals surface area contributed by atoms with Crippen molar-refractivity contribution in [2.45, 2.75) is 58.5 Å². The van der Waals surface area contributed by atoms with Gasteiger partial charge in [-0.05, 0) is 60.4 Å². The Balaban J connectivity index is 1.12. The van der Waals surface area contributed by atoms with Crippen molar-refractivity contribution in [1.29, 1.82) is 0 Å². The van der Waals surface area contributed by atoms with Crippen LogP contribution < -0.4 is 5.32 Å². The summed E-state index contributed by atoms with van der Waals surface area (Å²) in [5.41, 5.74) is 4.41. The molecule has 10 heteroatoms. The molecule has 1 N–H and O–H groups in total. The molecule has 0 radical (unpaired) electrons. The number of rotatable bonds is 6. The lowest BCUT2D eigenvalue weighted by Gasteiger charge is -2.38. The molecule has 0 spiro atoms. The Hall–Kier alpha value is -3.40. The summed E-state index contributed by atoms with van der Waals surface area (Å²) in [6, 6.07) is 10.1. The molecule has 2 aromatic carbocycles. The number of nitrogens with one attached hydrogen (secondary N) is 1. The third kappa shape index (κ3) is 5.90. The number of carbonyl (C=O) groups excluding carboxylic acids is 4. The van der Waals surface area contributed by atoms with Gasteiger partial charge in [0.2, 0.25) is 11.8 Å². The minimum atomic E-state index is -1.12. The lowest BCUT2D eigenvalue weighted by atomic mass is 9.72. The third-order valence-corrected chi connectivity index (χ3v) is 9.53. The number of piperidine rings is 1. The molecule has 226 valence electrons. The van der Waals surface area contributed by atoms with Gasteiger partial charge in [0, 0.05) is 56.3 Å². The summed E-state index contributed by atoms with van der Waals surface area (Å²) >= 11 is 6.16. The molecular formula is C33H36ClFN4O4. The van der Waals surface area contributed by atoms with Gasteiger partial charge in [-0.1, -0.05) is 49.2 Å². The zero-order valence-corrected chi connectivity index (χ0v) is 25.3. The van der Waals surface area contributed by atoms with Gasteiger partial charge in [-0.25, -0.2) is 4.39 Å². The minimum Gasteiger partial charge on any atom is -0.297 e. The molecule has 8 nitrogen and oxygen atoms in total. The van der Waals surface area contributed by atoms with E-state index in [1.54, 1.807) is 6.07 Å². The summed E-state index contributed by atoms with van der Waals surface area (Å²) in [6.45, 7) is 9.06. The van der Waals surface area contributed by atoms with Crippen molar-refractivity contribution in [3.63, 3.8) is 0 Å². The van der Waals surface area contributed by atoms with Crippen LogP contribution in [0, 0.1) is 11.2 Å². The zero-order valence-electron chi connectivity index (χ0n) is 24.6. The van der Waals surface area contributed by atoms with E-state index in [9.17, 15) is 19.2 Å². The first-order valence-electron chi connectivity index (χ1n) is 15.0. The highest BCUT2D eigenvalue weighted by atomic mass is 35.5. The van der Waals surface area contributed by atoms with E-state index in [-0.39, 0.29) is 29.4 Å². The van der Waals surface area contributed by atoms with Crippen LogP contribution in [-0.2, 0) is 16.1 Å². The molecule has 2 saturated heterocycles. The van der Waals surface area contributed by atoms with Crippen molar-refractivity contribution >= 4 is 40.8 Å². The lowest BCUT2D eigenvalue weighted by Crippen LogP contribution is -2.54. The van der Waals surface area contributed by atoms with E-state index in [1.807, 2.05) is 12.1 Å². The van der Waals surface area contributed by atoms with Crippen molar-refractivity contribution < 1.29 is 23.6 Å². The molecule has 2 fully saturated rings. The number of imide groups is 2. The third-order valence-electron chi connectivity index (χ3n) is 9.28. The fourth-order valence-electron chi connectivity index (χ4n) is 6.76. The fourth-order valence-corrected chi connectivity index (χ4v) is 6.89. The zero-order chi connectivity index (χ0) is 30.5. The van der Waals surface area contributed by atoms with Gasteiger partial charge < -0.3 is 0 Å². The average Bonchev–Trinajstić information content (AvgIpc) is 3.22. The normalized spacial score (nSPS) is 23.2. The van der Waals surface area contributed by atoms with E-state index < -0.39 is 35.5 Å². The molecule has 2 aromatic rings. The second-order valence-electron chi connectivity index (χ2n) is 12.9. The van der Waals surface area contributed by atoms with Crippen molar-refractivity contribution in [2.24, 2.45) is 5.41 Å². The van der Waals surface area contributed by atoms with Crippen LogP contribution in [0.15, 0.2) is 42.0 Å².